The number of sulfonamides is 1. The van der Waals surface area contributed by atoms with Crippen molar-refractivity contribution in [3.8, 4) is 11.1 Å². The van der Waals surface area contributed by atoms with Crippen LogP contribution in [0.5, 0.6) is 0 Å². The number of aromatic nitrogens is 3. The van der Waals surface area contributed by atoms with E-state index in [4.69, 9.17) is 18.0 Å². The number of hydrogen-bond acceptors (Lipinski definition) is 5. The molecule has 0 aliphatic carbocycles. The number of ketones is 1. The van der Waals surface area contributed by atoms with Crippen LogP contribution in [-0.2, 0) is 34.2 Å². The van der Waals surface area contributed by atoms with Gasteiger partial charge in [0, 0.05) is 78.6 Å². The standard InChI is InChI=1S/C33H41N5O3S2/c1-3-14-36-23-35-21-28(36)20-29(39)10-8-24-9-11-30-31(25-6-5-7-26(19-25)33(34)42)22-38(32(30)18-24)27-12-15-37(16-13-27)43(40,41)17-4-2/h5-7,9,11,18-19,21-23,27H,3-4,8,10,12-17,20H2,1-2H3,(H2,34,42). The Morgan fingerprint density at radius 2 is 1.88 bits per heavy atom. The molecule has 1 fully saturated rings. The van der Waals surface area contributed by atoms with E-state index in [9.17, 15) is 13.2 Å². The molecule has 43 heavy (non-hydrogen) atoms. The first-order chi connectivity index (χ1) is 20.7. The van der Waals surface area contributed by atoms with E-state index in [1.54, 1.807) is 16.8 Å². The van der Waals surface area contributed by atoms with Gasteiger partial charge in [-0.15, -0.1) is 0 Å². The third-order valence-electron chi connectivity index (χ3n) is 8.36. The number of thiocarbonyl (C=S) groups is 1. The third-order valence-corrected chi connectivity index (χ3v) is 10.7. The Bertz CT molecular complexity index is 1720. The predicted molar refractivity (Wildman–Crippen MR) is 177 cm³/mol. The van der Waals surface area contributed by atoms with Gasteiger partial charge in [-0.2, -0.15) is 0 Å². The Morgan fingerprint density at radius 3 is 2.60 bits per heavy atom. The van der Waals surface area contributed by atoms with E-state index in [0.29, 0.717) is 43.8 Å². The number of nitrogens with two attached hydrogens (primary N) is 1. The molecule has 2 aromatic heterocycles. The average Bonchev–Trinajstić information content (AvgIpc) is 3.60. The van der Waals surface area contributed by atoms with Crippen LogP contribution in [0.3, 0.4) is 0 Å². The highest BCUT2D eigenvalue weighted by Gasteiger charge is 2.29. The summed E-state index contributed by atoms with van der Waals surface area (Å²) in [5.74, 6) is 0.389. The molecule has 2 N–H and O–H groups in total. The molecule has 4 aromatic rings. The van der Waals surface area contributed by atoms with Crippen LogP contribution in [0.15, 0.2) is 61.2 Å². The first kappa shape index (κ1) is 31.1. The second-order valence-electron chi connectivity index (χ2n) is 11.5. The SMILES string of the molecule is CCCn1cncc1CC(=O)CCc1ccc2c(-c3cccc(C(N)=S)c3)cn(C3CCN(S(=O)(=O)CCC)CC3)c2c1. The summed E-state index contributed by atoms with van der Waals surface area (Å²) in [7, 11) is -3.22. The van der Waals surface area contributed by atoms with Crippen LogP contribution >= 0.6 is 12.2 Å². The van der Waals surface area contributed by atoms with Gasteiger partial charge in [0.15, 0.2) is 0 Å². The fourth-order valence-electron chi connectivity index (χ4n) is 6.12. The van der Waals surface area contributed by atoms with Crippen molar-refractivity contribution in [1.29, 1.82) is 0 Å². The van der Waals surface area contributed by atoms with E-state index in [1.165, 1.54) is 0 Å². The minimum Gasteiger partial charge on any atom is -0.389 e. The van der Waals surface area contributed by atoms with Crippen molar-refractivity contribution < 1.29 is 13.2 Å². The molecule has 0 bridgehead atoms. The van der Waals surface area contributed by atoms with E-state index in [2.05, 4.69) is 51.5 Å². The molecule has 1 aliphatic heterocycles. The summed E-state index contributed by atoms with van der Waals surface area (Å²) in [6.45, 7) is 5.91. The largest absolute Gasteiger partial charge is 0.389 e. The number of Topliss-reactive ketones (excluding diaryl/α,β-unsaturated/α-hetero) is 1. The molecule has 0 unspecified atom stereocenters. The molecule has 1 aliphatic rings. The van der Waals surface area contributed by atoms with Gasteiger partial charge in [0.25, 0.3) is 0 Å². The quantitative estimate of drug-likeness (QED) is 0.194. The van der Waals surface area contributed by atoms with E-state index in [-0.39, 0.29) is 17.6 Å². The summed E-state index contributed by atoms with van der Waals surface area (Å²) < 4.78 is 31.4. The van der Waals surface area contributed by atoms with E-state index in [0.717, 1.165) is 64.7 Å². The number of carbonyl (C=O) groups is 1. The fourth-order valence-corrected chi connectivity index (χ4v) is 7.79. The van der Waals surface area contributed by atoms with Crippen LogP contribution in [0.1, 0.15) is 68.8 Å². The summed E-state index contributed by atoms with van der Waals surface area (Å²) in [4.78, 5) is 17.5. The summed E-state index contributed by atoms with van der Waals surface area (Å²) in [5.41, 5.74) is 12.0. The molecule has 1 saturated heterocycles. The van der Waals surface area contributed by atoms with Crippen LogP contribution in [0.4, 0.5) is 0 Å². The van der Waals surface area contributed by atoms with E-state index < -0.39 is 10.0 Å². The highest BCUT2D eigenvalue weighted by molar-refractivity contribution is 7.89. The molecular formula is C33H41N5O3S2. The zero-order chi connectivity index (χ0) is 30.6. The Hall–Kier alpha value is -3.34. The molecular weight excluding hydrogens is 579 g/mol. The average molecular weight is 620 g/mol. The van der Waals surface area contributed by atoms with Gasteiger partial charge in [-0.05, 0) is 55.4 Å². The van der Waals surface area contributed by atoms with Gasteiger partial charge < -0.3 is 14.9 Å². The summed E-state index contributed by atoms with van der Waals surface area (Å²) in [5, 5.41) is 1.11. The first-order valence-electron chi connectivity index (χ1n) is 15.2. The van der Waals surface area contributed by atoms with Crippen LogP contribution in [0.25, 0.3) is 22.0 Å². The minimum atomic E-state index is -3.22. The van der Waals surface area contributed by atoms with Gasteiger partial charge in [0.1, 0.15) is 10.8 Å². The highest BCUT2D eigenvalue weighted by atomic mass is 32.2. The second-order valence-corrected chi connectivity index (χ2v) is 14.0. The minimum absolute atomic E-state index is 0.166. The van der Waals surface area contributed by atoms with Gasteiger partial charge in [0.05, 0.1) is 12.1 Å². The number of imidazole rings is 1. The summed E-state index contributed by atoms with van der Waals surface area (Å²) in [6, 6.07) is 14.6. The van der Waals surface area contributed by atoms with Crippen molar-refractivity contribution in [2.75, 3.05) is 18.8 Å². The lowest BCUT2D eigenvalue weighted by Gasteiger charge is -2.32. The zero-order valence-electron chi connectivity index (χ0n) is 25.0. The van der Waals surface area contributed by atoms with Gasteiger partial charge in [-0.1, -0.05) is 56.4 Å². The molecule has 2 aromatic carbocycles. The van der Waals surface area contributed by atoms with Crippen molar-refractivity contribution in [3.05, 3.63) is 78.0 Å². The van der Waals surface area contributed by atoms with Gasteiger partial charge in [-0.25, -0.2) is 17.7 Å². The molecule has 0 saturated carbocycles. The second kappa shape index (κ2) is 13.5. The normalized spacial score (nSPS) is 14.8. The molecule has 3 heterocycles. The Kier molecular flexibility index (Phi) is 9.78. The van der Waals surface area contributed by atoms with Crippen molar-refractivity contribution >= 4 is 43.9 Å². The lowest BCUT2D eigenvalue weighted by Crippen LogP contribution is -2.40. The maximum absolute atomic E-state index is 12.9. The molecule has 0 amide bonds. The molecule has 8 nitrogen and oxygen atoms in total. The van der Waals surface area contributed by atoms with Crippen molar-refractivity contribution in [2.24, 2.45) is 5.73 Å². The Balaban J connectivity index is 1.42. The van der Waals surface area contributed by atoms with Crippen LogP contribution in [0, 0.1) is 0 Å². The lowest BCUT2D eigenvalue weighted by atomic mass is 10.00. The van der Waals surface area contributed by atoms with Crippen molar-refractivity contribution in [3.63, 3.8) is 0 Å². The smallest absolute Gasteiger partial charge is 0.214 e. The van der Waals surface area contributed by atoms with E-state index >= 15 is 0 Å². The lowest BCUT2D eigenvalue weighted by molar-refractivity contribution is -0.118. The number of benzene rings is 2. The molecule has 10 heteroatoms. The number of fused-ring (bicyclic) bond motifs is 1. The topological polar surface area (TPSA) is 103 Å². The van der Waals surface area contributed by atoms with E-state index in [1.807, 2.05) is 25.1 Å². The zero-order valence-corrected chi connectivity index (χ0v) is 26.7. The number of carbonyl (C=O) groups excluding carboxylic acids is 1. The Labute approximate surface area is 259 Å². The van der Waals surface area contributed by atoms with Crippen molar-refractivity contribution in [2.45, 2.75) is 71.4 Å². The molecule has 228 valence electrons. The van der Waals surface area contributed by atoms with Gasteiger partial charge in [0.2, 0.25) is 10.0 Å². The van der Waals surface area contributed by atoms with Gasteiger partial charge >= 0.3 is 0 Å². The van der Waals surface area contributed by atoms with Crippen LogP contribution < -0.4 is 5.73 Å². The third kappa shape index (κ3) is 7.08. The fraction of sp³-hybridized carbons (Fsp3) is 0.424. The summed E-state index contributed by atoms with van der Waals surface area (Å²) >= 11 is 5.24. The van der Waals surface area contributed by atoms with Crippen LogP contribution in [-0.4, -0.2) is 56.5 Å². The monoisotopic (exact) mass is 619 g/mol. The number of piperidine rings is 1. The molecule has 0 radical (unpaired) electrons. The summed E-state index contributed by atoms with van der Waals surface area (Å²) in [6.07, 6.45) is 10.4. The first-order valence-corrected chi connectivity index (χ1v) is 17.2. The molecule has 5 rings (SSSR count). The highest BCUT2D eigenvalue weighted by Crippen LogP contribution is 2.37. The molecule has 0 spiro atoms. The maximum Gasteiger partial charge on any atom is 0.214 e. The predicted octanol–water partition coefficient (Wildman–Crippen LogP) is 5.67. The Morgan fingerprint density at radius 1 is 1.09 bits per heavy atom. The van der Waals surface area contributed by atoms with Crippen LogP contribution in [0.2, 0.25) is 0 Å². The number of hydrogen-bond donors (Lipinski definition) is 1. The number of nitrogens with zero attached hydrogens (tertiary/aromatic N) is 4. The number of rotatable bonds is 13. The maximum atomic E-state index is 12.9. The van der Waals surface area contributed by atoms with Crippen molar-refractivity contribution in [1.82, 2.24) is 18.4 Å². The van der Waals surface area contributed by atoms with Gasteiger partial charge in [-0.3, -0.25) is 4.79 Å². The molecule has 0 atom stereocenters. The number of aryl methyl sites for hydroxylation is 2.